The molecule has 0 amide bonds. The first kappa shape index (κ1) is 14.3. The summed E-state index contributed by atoms with van der Waals surface area (Å²) in [6.45, 7) is 0. The van der Waals surface area contributed by atoms with Gasteiger partial charge in [0.25, 0.3) is 0 Å². The largest absolute Gasteiger partial charge is 0.497 e. The SMILES string of the molecule is COc1ccc2nc(F)c(C#N)c(-c3cccc(Cl)c3)c2c1. The van der Waals surface area contributed by atoms with Gasteiger partial charge in [-0.3, -0.25) is 0 Å². The highest BCUT2D eigenvalue weighted by atomic mass is 35.5. The number of fused-ring (bicyclic) bond motifs is 1. The van der Waals surface area contributed by atoms with Crippen LogP contribution in [0.4, 0.5) is 4.39 Å². The Kier molecular flexibility index (Phi) is 3.66. The van der Waals surface area contributed by atoms with Crippen molar-refractivity contribution in [2.24, 2.45) is 0 Å². The van der Waals surface area contributed by atoms with Gasteiger partial charge in [-0.15, -0.1) is 0 Å². The molecule has 1 heterocycles. The Morgan fingerprint density at radius 3 is 2.73 bits per heavy atom. The van der Waals surface area contributed by atoms with Crippen LogP contribution in [0, 0.1) is 17.3 Å². The first-order valence-corrected chi connectivity index (χ1v) is 6.85. The van der Waals surface area contributed by atoms with Crippen molar-refractivity contribution in [2.75, 3.05) is 7.11 Å². The van der Waals surface area contributed by atoms with E-state index in [1.165, 1.54) is 0 Å². The average molecular weight is 313 g/mol. The summed E-state index contributed by atoms with van der Waals surface area (Å²) in [5, 5.41) is 10.5. The number of ether oxygens (including phenoxy) is 1. The molecule has 0 fully saturated rings. The second kappa shape index (κ2) is 5.63. The van der Waals surface area contributed by atoms with Crippen molar-refractivity contribution < 1.29 is 9.13 Å². The molecule has 3 aromatic rings. The van der Waals surface area contributed by atoms with Crippen LogP contribution in [0.1, 0.15) is 5.56 Å². The maximum absolute atomic E-state index is 14.2. The number of nitrogens with zero attached hydrogens (tertiary/aromatic N) is 2. The fourth-order valence-corrected chi connectivity index (χ4v) is 2.58. The van der Waals surface area contributed by atoms with Crippen molar-refractivity contribution in [2.45, 2.75) is 0 Å². The summed E-state index contributed by atoms with van der Waals surface area (Å²) in [6, 6.07) is 13.9. The van der Waals surface area contributed by atoms with Crippen molar-refractivity contribution in [3.63, 3.8) is 0 Å². The normalized spacial score (nSPS) is 10.5. The van der Waals surface area contributed by atoms with Crippen LogP contribution in [0.15, 0.2) is 42.5 Å². The first-order valence-electron chi connectivity index (χ1n) is 6.47. The molecular weight excluding hydrogens is 303 g/mol. The predicted molar refractivity (Wildman–Crippen MR) is 83.4 cm³/mol. The minimum Gasteiger partial charge on any atom is -0.497 e. The van der Waals surface area contributed by atoms with Gasteiger partial charge in [0.05, 0.1) is 12.6 Å². The molecule has 0 unspecified atom stereocenters. The molecule has 0 N–H and O–H groups in total. The van der Waals surface area contributed by atoms with Crippen LogP contribution < -0.4 is 4.74 Å². The third-order valence-electron chi connectivity index (χ3n) is 3.37. The molecule has 22 heavy (non-hydrogen) atoms. The van der Waals surface area contributed by atoms with Crippen molar-refractivity contribution in [3.8, 4) is 22.9 Å². The molecule has 0 saturated heterocycles. The second-order valence-electron chi connectivity index (χ2n) is 4.66. The van der Waals surface area contributed by atoms with Crippen molar-refractivity contribution in [3.05, 3.63) is 59.0 Å². The van der Waals surface area contributed by atoms with E-state index in [1.807, 2.05) is 6.07 Å². The minimum atomic E-state index is -0.796. The lowest BCUT2D eigenvalue weighted by Gasteiger charge is -2.11. The Morgan fingerprint density at radius 2 is 2.05 bits per heavy atom. The van der Waals surface area contributed by atoms with Crippen LogP contribution in [0.25, 0.3) is 22.0 Å². The first-order chi connectivity index (χ1) is 10.6. The Morgan fingerprint density at radius 1 is 1.23 bits per heavy atom. The van der Waals surface area contributed by atoms with Crippen molar-refractivity contribution in [1.82, 2.24) is 4.98 Å². The molecule has 3 nitrogen and oxygen atoms in total. The second-order valence-corrected chi connectivity index (χ2v) is 5.09. The van der Waals surface area contributed by atoms with Gasteiger partial charge in [-0.1, -0.05) is 23.7 Å². The van der Waals surface area contributed by atoms with Crippen LogP contribution >= 0.6 is 11.6 Å². The van der Waals surface area contributed by atoms with Crippen LogP contribution in [-0.2, 0) is 0 Å². The molecule has 0 radical (unpaired) electrons. The van der Waals surface area contributed by atoms with E-state index in [4.69, 9.17) is 16.3 Å². The fraction of sp³-hybridized carbons (Fsp3) is 0.0588. The van der Waals surface area contributed by atoms with Crippen LogP contribution in [0.3, 0.4) is 0 Å². The quantitative estimate of drug-likeness (QED) is 0.651. The van der Waals surface area contributed by atoms with Gasteiger partial charge in [0.2, 0.25) is 5.95 Å². The van der Waals surface area contributed by atoms with Crippen molar-refractivity contribution in [1.29, 1.82) is 5.26 Å². The lowest BCUT2D eigenvalue weighted by atomic mass is 9.96. The molecule has 0 aliphatic carbocycles. The molecule has 3 rings (SSSR count). The van der Waals surface area contributed by atoms with Gasteiger partial charge in [0.1, 0.15) is 17.4 Å². The van der Waals surface area contributed by atoms with Gasteiger partial charge in [0.15, 0.2) is 0 Å². The van der Waals surface area contributed by atoms with Crippen molar-refractivity contribution >= 4 is 22.5 Å². The Hall–Kier alpha value is -2.64. The molecule has 2 aromatic carbocycles. The van der Waals surface area contributed by atoms with E-state index < -0.39 is 5.95 Å². The van der Waals surface area contributed by atoms with Gasteiger partial charge in [-0.05, 0) is 35.9 Å². The topological polar surface area (TPSA) is 45.9 Å². The van der Waals surface area contributed by atoms with Crippen LogP contribution in [0.2, 0.25) is 5.02 Å². The maximum atomic E-state index is 14.2. The monoisotopic (exact) mass is 312 g/mol. The van der Waals surface area contributed by atoms with Crippen LogP contribution in [-0.4, -0.2) is 12.1 Å². The summed E-state index contributed by atoms with van der Waals surface area (Å²) in [5.74, 6) is -0.191. The highest BCUT2D eigenvalue weighted by molar-refractivity contribution is 6.31. The summed E-state index contributed by atoms with van der Waals surface area (Å²) < 4.78 is 19.4. The number of nitriles is 1. The molecule has 0 bridgehead atoms. The maximum Gasteiger partial charge on any atom is 0.232 e. The fourth-order valence-electron chi connectivity index (χ4n) is 2.39. The number of halogens is 2. The standard InChI is InChI=1S/C17H10ClFN2O/c1-22-12-5-6-15-13(8-12)16(14(9-20)17(19)21-15)10-3-2-4-11(18)7-10/h2-8H,1H3. The molecule has 0 saturated carbocycles. The van der Waals surface area contributed by atoms with E-state index >= 15 is 0 Å². The summed E-state index contributed by atoms with van der Waals surface area (Å²) in [6.07, 6.45) is 0. The number of aromatic nitrogens is 1. The van der Waals surface area contributed by atoms with E-state index in [-0.39, 0.29) is 5.56 Å². The van der Waals surface area contributed by atoms with E-state index in [9.17, 15) is 9.65 Å². The lowest BCUT2D eigenvalue weighted by Crippen LogP contribution is -1.97. The van der Waals surface area contributed by atoms with Gasteiger partial charge in [-0.2, -0.15) is 9.65 Å². The zero-order valence-corrected chi connectivity index (χ0v) is 12.4. The zero-order valence-electron chi connectivity index (χ0n) is 11.6. The summed E-state index contributed by atoms with van der Waals surface area (Å²) in [4.78, 5) is 3.85. The highest BCUT2D eigenvalue weighted by Crippen LogP contribution is 2.35. The third-order valence-corrected chi connectivity index (χ3v) is 3.61. The van der Waals surface area contributed by atoms with E-state index in [2.05, 4.69) is 4.98 Å². The molecule has 108 valence electrons. The minimum absolute atomic E-state index is 0.108. The van der Waals surface area contributed by atoms with E-state index in [1.54, 1.807) is 49.6 Å². The van der Waals surface area contributed by atoms with Gasteiger partial charge in [0, 0.05) is 16.0 Å². The molecule has 0 atom stereocenters. The molecule has 5 heteroatoms. The van der Waals surface area contributed by atoms with E-state index in [0.29, 0.717) is 32.8 Å². The number of rotatable bonds is 2. The van der Waals surface area contributed by atoms with Crippen LogP contribution in [0.5, 0.6) is 5.75 Å². The average Bonchev–Trinajstić information content (AvgIpc) is 2.53. The zero-order chi connectivity index (χ0) is 15.7. The van der Waals surface area contributed by atoms with Gasteiger partial charge >= 0.3 is 0 Å². The molecule has 0 aliphatic rings. The number of hydrogen-bond acceptors (Lipinski definition) is 3. The highest BCUT2D eigenvalue weighted by Gasteiger charge is 2.17. The number of methoxy groups -OCH3 is 1. The molecule has 0 aliphatic heterocycles. The summed E-state index contributed by atoms with van der Waals surface area (Å²) in [7, 11) is 1.54. The Balaban J connectivity index is 2.45. The third kappa shape index (κ3) is 2.36. The number of hydrogen-bond donors (Lipinski definition) is 0. The molecular formula is C17H10ClFN2O. The summed E-state index contributed by atoms with van der Waals surface area (Å²) in [5.41, 5.74) is 1.46. The van der Waals surface area contributed by atoms with Gasteiger partial charge < -0.3 is 4.74 Å². The van der Waals surface area contributed by atoms with Gasteiger partial charge in [-0.25, -0.2) is 4.98 Å². The Bertz CT molecular complexity index is 918. The number of pyridine rings is 1. The van der Waals surface area contributed by atoms with E-state index in [0.717, 1.165) is 0 Å². The predicted octanol–water partition coefficient (Wildman–Crippen LogP) is 4.57. The number of benzene rings is 2. The molecule has 1 aromatic heterocycles. The summed E-state index contributed by atoms with van der Waals surface area (Å²) >= 11 is 6.02. The lowest BCUT2D eigenvalue weighted by molar-refractivity contribution is 0.415. The smallest absolute Gasteiger partial charge is 0.232 e. The Labute approximate surface area is 131 Å². The molecule has 0 spiro atoms.